The first-order chi connectivity index (χ1) is 34.7. The summed E-state index contributed by atoms with van der Waals surface area (Å²) in [5.41, 5.74) is 17.5. The normalized spacial score (nSPS) is 21.0. The van der Waals surface area contributed by atoms with Crippen LogP contribution in [0, 0.1) is 5.92 Å². The smallest absolute Gasteiger partial charge is 0.126 e. The number of anilines is 2. The third-order valence-corrected chi connectivity index (χ3v) is 15.8. The highest BCUT2D eigenvalue weighted by molar-refractivity contribution is 6.11. The molecular formula is C66H47N3O. The number of para-hydroxylation sites is 5. The Morgan fingerprint density at radius 3 is 1.96 bits per heavy atom. The van der Waals surface area contributed by atoms with E-state index in [1.54, 1.807) is 0 Å². The van der Waals surface area contributed by atoms with E-state index >= 15 is 0 Å². The largest absolute Gasteiger partial charge is 0.461 e. The molecule has 4 nitrogen and oxygen atoms in total. The molecule has 4 heterocycles. The number of nitrogens with zero attached hydrogens (tertiary/aromatic N) is 3. The first kappa shape index (κ1) is 39.4. The summed E-state index contributed by atoms with van der Waals surface area (Å²) in [4.78, 5) is 2.51. The van der Waals surface area contributed by atoms with Crippen molar-refractivity contribution in [3.63, 3.8) is 0 Å². The number of ether oxygens (including phenoxy) is 1. The molecule has 332 valence electrons. The van der Waals surface area contributed by atoms with Gasteiger partial charge >= 0.3 is 0 Å². The van der Waals surface area contributed by atoms with Crippen LogP contribution in [-0.2, 0) is 4.74 Å². The van der Waals surface area contributed by atoms with E-state index in [1.807, 2.05) is 0 Å². The summed E-state index contributed by atoms with van der Waals surface area (Å²) in [5, 5.41) is 5.07. The van der Waals surface area contributed by atoms with Gasteiger partial charge in [-0.2, -0.15) is 0 Å². The zero-order valence-corrected chi connectivity index (χ0v) is 38.4. The molecule has 10 aromatic rings. The lowest BCUT2D eigenvalue weighted by Crippen LogP contribution is -2.28. The highest BCUT2D eigenvalue weighted by atomic mass is 16.5. The zero-order valence-electron chi connectivity index (χ0n) is 38.4. The molecule has 0 spiro atoms. The molecule has 0 amide bonds. The third kappa shape index (κ3) is 5.96. The van der Waals surface area contributed by atoms with Gasteiger partial charge in [0.15, 0.2) is 0 Å². The van der Waals surface area contributed by atoms with Gasteiger partial charge in [0, 0.05) is 67.6 Å². The SMILES string of the molecule is C1=CC(c2ccc3c(c2)c2cc(C4=CC5c6ccccc6N(c6ccccc6)C5C=C4)ccc2n3-c2ccccc2)C2C(=C1)OC1=CCC(c3ccc4c5ccccc5n(-c5ccccc5)c4c3)C=C12. The van der Waals surface area contributed by atoms with Crippen molar-refractivity contribution in [1.29, 1.82) is 0 Å². The van der Waals surface area contributed by atoms with Crippen LogP contribution in [-0.4, -0.2) is 15.2 Å². The molecule has 0 N–H and O–H groups in total. The Labute approximate surface area is 407 Å². The molecule has 1 saturated heterocycles. The van der Waals surface area contributed by atoms with Crippen molar-refractivity contribution in [1.82, 2.24) is 9.13 Å². The van der Waals surface area contributed by atoms with Gasteiger partial charge in [0.2, 0.25) is 0 Å². The van der Waals surface area contributed by atoms with Crippen LogP contribution in [0.1, 0.15) is 46.4 Å². The summed E-state index contributed by atoms with van der Waals surface area (Å²) >= 11 is 0. The first-order valence-corrected chi connectivity index (χ1v) is 24.8. The van der Waals surface area contributed by atoms with Crippen molar-refractivity contribution in [2.24, 2.45) is 5.92 Å². The van der Waals surface area contributed by atoms with Gasteiger partial charge in [0.1, 0.15) is 11.5 Å². The van der Waals surface area contributed by atoms with Crippen LogP contribution in [0.5, 0.6) is 0 Å². The van der Waals surface area contributed by atoms with Crippen molar-refractivity contribution < 1.29 is 4.74 Å². The number of benzene rings is 8. The fourth-order valence-electron chi connectivity index (χ4n) is 12.6. The summed E-state index contributed by atoms with van der Waals surface area (Å²) in [6.45, 7) is 0. The molecule has 70 heavy (non-hydrogen) atoms. The monoisotopic (exact) mass is 897 g/mol. The number of hydrogen-bond acceptors (Lipinski definition) is 2. The van der Waals surface area contributed by atoms with Crippen LogP contribution in [0.3, 0.4) is 0 Å². The molecule has 5 aliphatic rings. The Morgan fingerprint density at radius 2 is 1.14 bits per heavy atom. The van der Waals surface area contributed by atoms with Crippen molar-refractivity contribution >= 4 is 60.6 Å². The average molecular weight is 898 g/mol. The fourth-order valence-corrected chi connectivity index (χ4v) is 12.6. The van der Waals surface area contributed by atoms with E-state index < -0.39 is 0 Å². The Morgan fingerprint density at radius 1 is 0.486 bits per heavy atom. The van der Waals surface area contributed by atoms with Crippen LogP contribution in [0.4, 0.5) is 11.4 Å². The number of allylic oxidation sites excluding steroid dienone is 9. The zero-order chi connectivity index (χ0) is 45.9. The van der Waals surface area contributed by atoms with E-state index in [1.165, 1.54) is 94.1 Å². The van der Waals surface area contributed by atoms with Gasteiger partial charge in [0.05, 0.1) is 34.0 Å². The van der Waals surface area contributed by atoms with Crippen molar-refractivity contribution in [2.75, 3.05) is 4.90 Å². The van der Waals surface area contributed by atoms with E-state index in [0.29, 0.717) is 0 Å². The lowest BCUT2D eigenvalue weighted by Gasteiger charge is -2.29. The Hall–Kier alpha value is -8.60. The maximum Gasteiger partial charge on any atom is 0.126 e. The van der Waals surface area contributed by atoms with E-state index in [9.17, 15) is 0 Å². The molecule has 5 atom stereocenters. The lowest BCUT2D eigenvalue weighted by molar-refractivity contribution is 0.320. The van der Waals surface area contributed by atoms with Gasteiger partial charge < -0.3 is 18.8 Å². The predicted molar refractivity (Wildman–Crippen MR) is 288 cm³/mol. The molecule has 2 aliphatic heterocycles. The van der Waals surface area contributed by atoms with E-state index in [4.69, 9.17) is 4.74 Å². The van der Waals surface area contributed by atoms with Crippen molar-refractivity contribution in [3.8, 4) is 11.4 Å². The van der Waals surface area contributed by atoms with Crippen LogP contribution in [0.25, 0.3) is 60.6 Å². The third-order valence-electron chi connectivity index (χ3n) is 15.8. The van der Waals surface area contributed by atoms with Gasteiger partial charge in [-0.1, -0.05) is 152 Å². The van der Waals surface area contributed by atoms with Gasteiger partial charge in [0.25, 0.3) is 0 Å². The van der Waals surface area contributed by atoms with Gasteiger partial charge in [-0.15, -0.1) is 0 Å². The predicted octanol–water partition coefficient (Wildman–Crippen LogP) is 16.3. The second kappa shape index (κ2) is 15.5. The lowest BCUT2D eigenvalue weighted by atomic mass is 9.75. The number of hydrogen-bond donors (Lipinski definition) is 0. The molecule has 0 saturated carbocycles. The van der Waals surface area contributed by atoms with E-state index in [0.717, 1.165) is 23.6 Å². The summed E-state index contributed by atoms with van der Waals surface area (Å²) in [5.74, 6) is 2.71. The molecule has 2 aromatic heterocycles. The van der Waals surface area contributed by atoms with Crippen molar-refractivity contribution in [2.45, 2.75) is 30.2 Å². The van der Waals surface area contributed by atoms with Gasteiger partial charge in [-0.05, 0) is 125 Å². The molecule has 0 bridgehead atoms. The maximum absolute atomic E-state index is 6.76. The first-order valence-electron chi connectivity index (χ1n) is 24.8. The second-order valence-electron chi connectivity index (χ2n) is 19.5. The minimum atomic E-state index is 0.0873. The standard InChI is InChI=1S/C66H47N3O/c1-4-15-47(16-5-1)67-59-25-13-11-22-52(59)54-37-42(28-33-60(54)67)43-29-34-61-55(38-43)56-40-46(30-35-62(56)68(61)48-17-6-2-7-18-48)50-23-14-26-65-66(50)57-39-44(31-36-64(57)70-65)45-27-32-53-51-21-10-12-24-58(51)69(63(53)41-45)49-19-8-3-9-20-49/h1-30,32-41,44,50,54,60,66H,31H2. The Balaban J connectivity index is 0.821. The molecule has 1 fully saturated rings. The average Bonchev–Trinajstić information content (AvgIpc) is 4.17. The fraction of sp³-hybridized carbons (Fsp3) is 0.0909. The van der Waals surface area contributed by atoms with E-state index in [2.05, 4.69) is 257 Å². The minimum Gasteiger partial charge on any atom is -0.461 e. The Kier molecular flexibility index (Phi) is 8.70. The minimum absolute atomic E-state index is 0.0873. The quantitative estimate of drug-likeness (QED) is 0.166. The summed E-state index contributed by atoms with van der Waals surface area (Å²) in [6.07, 6.45) is 19.8. The number of rotatable bonds is 6. The molecule has 8 aromatic carbocycles. The molecule has 3 aliphatic carbocycles. The molecule has 5 unspecified atom stereocenters. The van der Waals surface area contributed by atoms with Crippen LogP contribution < -0.4 is 4.90 Å². The number of aromatic nitrogens is 2. The van der Waals surface area contributed by atoms with Gasteiger partial charge in [-0.25, -0.2) is 0 Å². The van der Waals surface area contributed by atoms with E-state index in [-0.39, 0.29) is 29.7 Å². The van der Waals surface area contributed by atoms with Crippen molar-refractivity contribution in [3.05, 3.63) is 282 Å². The molecular weight excluding hydrogens is 851 g/mol. The highest BCUT2D eigenvalue weighted by Crippen LogP contribution is 2.53. The maximum atomic E-state index is 6.76. The molecule has 4 heteroatoms. The van der Waals surface area contributed by atoms with Gasteiger partial charge in [-0.3, -0.25) is 0 Å². The molecule has 0 radical (unpaired) electrons. The van der Waals surface area contributed by atoms with Crippen LogP contribution in [0.2, 0.25) is 0 Å². The highest BCUT2D eigenvalue weighted by Gasteiger charge is 2.42. The number of fused-ring (bicyclic) bond motifs is 12. The van der Waals surface area contributed by atoms with Crippen LogP contribution >= 0.6 is 0 Å². The Bertz CT molecular complexity index is 3970. The van der Waals surface area contributed by atoms with Crippen LogP contribution in [0.15, 0.2) is 260 Å². The summed E-state index contributed by atoms with van der Waals surface area (Å²) in [7, 11) is 0. The summed E-state index contributed by atoms with van der Waals surface area (Å²) < 4.78 is 11.6. The summed E-state index contributed by atoms with van der Waals surface area (Å²) in [6, 6.07) is 71.8. The second-order valence-corrected chi connectivity index (χ2v) is 19.5. The molecule has 15 rings (SSSR count). The topological polar surface area (TPSA) is 22.3 Å².